The largest absolute Gasteiger partial charge is 0.127 e. The molecule has 2 heteroatoms. The first-order valence-electron chi connectivity index (χ1n) is 4.42. The van der Waals surface area contributed by atoms with Crippen molar-refractivity contribution in [1.82, 2.24) is 0 Å². The Morgan fingerprint density at radius 2 is 2.00 bits per heavy atom. The highest BCUT2D eigenvalue weighted by atomic mass is 32.2. The summed E-state index contributed by atoms with van der Waals surface area (Å²) in [6.45, 7) is 4.96. The molecule has 1 aliphatic rings. The van der Waals surface area contributed by atoms with Gasteiger partial charge in [0, 0.05) is 4.90 Å². The minimum absolute atomic E-state index is 1.03. The molecule has 0 atom stereocenters. The van der Waals surface area contributed by atoms with Crippen LogP contribution < -0.4 is 5.19 Å². The lowest BCUT2D eigenvalue weighted by molar-refractivity contribution is 1.32. The van der Waals surface area contributed by atoms with Gasteiger partial charge in [-0.05, 0) is 23.1 Å². The maximum Gasteiger partial charge on any atom is 0.0829 e. The van der Waals surface area contributed by atoms with E-state index in [1.54, 1.807) is 10.1 Å². The first-order valence-corrected chi connectivity index (χ1v) is 8.62. The fourth-order valence-electron chi connectivity index (χ4n) is 1.70. The van der Waals surface area contributed by atoms with E-state index in [0.29, 0.717) is 0 Å². The lowest BCUT2D eigenvalue weighted by Crippen LogP contribution is -2.45. The van der Waals surface area contributed by atoms with Crippen LogP contribution in [0, 0.1) is 0 Å². The Morgan fingerprint density at radius 3 is 2.75 bits per heavy atom. The van der Waals surface area contributed by atoms with Crippen LogP contribution >= 0.6 is 11.8 Å². The van der Waals surface area contributed by atoms with E-state index in [2.05, 4.69) is 37.4 Å². The zero-order chi connectivity index (χ0) is 8.60. The van der Waals surface area contributed by atoms with Crippen molar-refractivity contribution in [3.8, 4) is 0 Å². The number of hydrogen-bond donors (Lipinski definition) is 0. The number of rotatable bonds is 0. The monoisotopic (exact) mass is 194 g/mol. The average molecular weight is 194 g/mol. The Hall–Kier alpha value is -0.213. The number of hydrogen-bond acceptors (Lipinski definition) is 1. The average Bonchev–Trinajstić information content (AvgIpc) is 2.04. The van der Waals surface area contributed by atoms with E-state index >= 15 is 0 Å². The summed E-state index contributed by atoms with van der Waals surface area (Å²) < 4.78 is 0. The molecule has 0 saturated heterocycles. The van der Waals surface area contributed by atoms with Crippen molar-refractivity contribution in [2.75, 3.05) is 5.75 Å². The summed E-state index contributed by atoms with van der Waals surface area (Å²) >= 11 is 2.03. The second kappa shape index (κ2) is 2.93. The van der Waals surface area contributed by atoms with Gasteiger partial charge in [-0.2, -0.15) is 0 Å². The van der Waals surface area contributed by atoms with E-state index in [4.69, 9.17) is 0 Å². The Labute approximate surface area is 79.4 Å². The minimum atomic E-state index is -1.03. The highest BCUT2D eigenvalue weighted by molar-refractivity contribution is 7.99. The van der Waals surface area contributed by atoms with Gasteiger partial charge in [0.15, 0.2) is 0 Å². The van der Waals surface area contributed by atoms with E-state index in [9.17, 15) is 0 Å². The first kappa shape index (κ1) is 8.39. The highest BCUT2D eigenvalue weighted by Crippen LogP contribution is 2.28. The third-order valence-electron chi connectivity index (χ3n) is 2.60. The summed E-state index contributed by atoms with van der Waals surface area (Å²) in [4.78, 5) is 1.54. The summed E-state index contributed by atoms with van der Waals surface area (Å²) in [6.07, 6.45) is 0. The van der Waals surface area contributed by atoms with Gasteiger partial charge in [-0.25, -0.2) is 0 Å². The molecule has 1 heterocycles. The van der Waals surface area contributed by atoms with Crippen LogP contribution in [-0.2, 0) is 0 Å². The molecule has 0 aliphatic carbocycles. The molecule has 0 amide bonds. The Balaban J connectivity index is 2.52. The van der Waals surface area contributed by atoms with Crippen LogP contribution in [0.15, 0.2) is 29.2 Å². The van der Waals surface area contributed by atoms with E-state index in [1.165, 1.54) is 11.8 Å². The summed E-state index contributed by atoms with van der Waals surface area (Å²) in [7, 11) is -1.03. The molecule has 1 aromatic rings. The number of fused-ring (bicyclic) bond motifs is 1. The van der Waals surface area contributed by atoms with E-state index in [-0.39, 0.29) is 0 Å². The molecular weight excluding hydrogens is 180 g/mol. The van der Waals surface area contributed by atoms with Gasteiger partial charge >= 0.3 is 0 Å². The molecule has 0 nitrogen and oxygen atoms in total. The molecule has 0 radical (unpaired) electrons. The van der Waals surface area contributed by atoms with Crippen LogP contribution in [0.4, 0.5) is 0 Å². The summed E-state index contributed by atoms with van der Waals surface area (Å²) in [5.41, 5.74) is 0. The van der Waals surface area contributed by atoms with E-state index in [1.807, 2.05) is 11.8 Å². The molecule has 0 aromatic heterocycles. The predicted octanol–water partition coefficient (Wildman–Crippen LogP) is 2.71. The smallest absolute Gasteiger partial charge is 0.0829 e. The predicted molar refractivity (Wildman–Crippen MR) is 59.1 cm³/mol. The van der Waals surface area contributed by atoms with Crippen molar-refractivity contribution < 1.29 is 0 Å². The summed E-state index contributed by atoms with van der Waals surface area (Å²) in [5, 5.41) is 1.67. The Morgan fingerprint density at radius 1 is 1.25 bits per heavy atom. The summed E-state index contributed by atoms with van der Waals surface area (Å²) in [5.74, 6) is 1.33. The van der Waals surface area contributed by atoms with Gasteiger partial charge in [0.25, 0.3) is 0 Å². The third-order valence-corrected chi connectivity index (χ3v) is 7.61. The van der Waals surface area contributed by atoms with Gasteiger partial charge < -0.3 is 0 Å². The molecule has 12 heavy (non-hydrogen) atoms. The fourth-order valence-corrected chi connectivity index (χ4v) is 7.38. The molecule has 2 rings (SSSR count). The molecule has 0 bridgehead atoms. The molecule has 0 unspecified atom stereocenters. The van der Waals surface area contributed by atoms with Crippen molar-refractivity contribution >= 4 is 25.0 Å². The zero-order valence-corrected chi connectivity index (χ0v) is 9.45. The van der Waals surface area contributed by atoms with Gasteiger partial charge in [-0.15, -0.1) is 11.8 Å². The molecule has 0 saturated carbocycles. The fraction of sp³-hybridized carbons (Fsp3) is 0.400. The van der Waals surface area contributed by atoms with E-state index in [0.717, 1.165) is 0 Å². The van der Waals surface area contributed by atoms with Gasteiger partial charge in [0.1, 0.15) is 0 Å². The molecule has 64 valence electrons. The SMILES string of the molecule is C[Si]1(C)CCSc2ccccc21. The van der Waals surface area contributed by atoms with E-state index < -0.39 is 8.07 Å². The van der Waals surface area contributed by atoms with Crippen molar-refractivity contribution in [3.63, 3.8) is 0 Å². The van der Waals surface area contributed by atoms with Gasteiger partial charge in [-0.1, -0.05) is 31.3 Å². The maximum atomic E-state index is 2.48. The van der Waals surface area contributed by atoms with Gasteiger partial charge in [0.05, 0.1) is 8.07 Å². The molecule has 0 spiro atoms. The molecule has 0 fully saturated rings. The topological polar surface area (TPSA) is 0 Å². The zero-order valence-electron chi connectivity index (χ0n) is 7.63. The minimum Gasteiger partial charge on any atom is -0.127 e. The molecule has 1 aromatic carbocycles. The second-order valence-electron chi connectivity index (χ2n) is 3.98. The second-order valence-corrected chi connectivity index (χ2v) is 9.92. The third kappa shape index (κ3) is 1.34. The van der Waals surface area contributed by atoms with Crippen LogP contribution in [-0.4, -0.2) is 13.8 Å². The first-order chi connectivity index (χ1) is 5.70. The van der Waals surface area contributed by atoms with Crippen LogP contribution in [0.25, 0.3) is 0 Å². The van der Waals surface area contributed by atoms with Gasteiger partial charge in [-0.3, -0.25) is 0 Å². The maximum absolute atomic E-state index is 2.48. The number of thioether (sulfide) groups is 1. The lowest BCUT2D eigenvalue weighted by atomic mass is 10.4. The van der Waals surface area contributed by atoms with Crippen molar-refractivity contribution in [3.05, 3.63) is 24.3 Å². The molecule has 0 N–H and O–H groups in total. The quantitative estimate of drug-likeness (QED) is 0.572. The van der Waals surface area contributed by atoms with Crippen LogP contribution in [0.5, 0.6) is 0 Å². The normalized spacial score (nSPS) is 20.2. The van der Waals surface area contributed by atoms with Crippen LogP contribution in [0.1, 0.15) is 0 Å². The summed E-state index contributed by atoms with van der Waals surface area (Å²) in [6, 6.07) is 10.4. The van der Waals surface area contributed by atoms with Crippen molar-refractivity contribution in [2.45, 2.75) is 24.0 Å². The Kier molecular flexibility index (Phi) is 2.05. The highest BCUT2D eigenvalue weighted by Gasteiger charge is 2.28. The van der Waals surface area contributed by atoms with Crippen molar-refractivity contribution in [1.29, 1.82) is 0 Å². The molecule has 1 aliphatic heterocycles. The lowest BCUT2D eigenvalue weighted by Gasteiger charge is -2.29. The van der Waals surface area contributed by atoms with Gasteiger partial charge in [0.2, 0.25) is 0 Å². The standard InChI is InChI=1S/C10H14SSi/c1-12(2)8-7-11-9-5-3-4-6-10(9)12/h3-6H,7-8H2,1-2H3. The number of benzene rings is 1. The molecular formula is C10H14SSi. The van der Waals surface area contributed by atoms with Crippen molar-refractivity contribution in [2.24, 2.45) is 0 Å². The Bertz CT molecular complexity index is 294. The van der Waals surface area contributed by atoms with Crippen LogP contribution in [0.3, 0.4) is 0 Å². The van der Waals surface area contributed by atoms with Crippen LogP contribution in [0.2, 0.25) is 19.1 Å².